The SMILES string of the molecule is Cc1cccc(-c2cccc(COCc3ccc[c]([Sn]([CH3])([CH3])[CH3])n3)n2)n1. The molecule has 3 aromatic heterocycles. The van der Waals surface area contributed by atoms with Gasteiger partial charge in [0.15, 0.2) is 0 Å². The van der Waals surface area contributed by atoms with Gasteiger partial charge in [-0.05, 0) is 13.0 Å². The molecule has 134 valence electrons. The Morgan fingerprint density at radius 1 is 0.731 bits per heavy atom. The molecule has 0 atom stereocenters. The van der Waals surface area contributed by atoms with Crippen LogP contribution in [0.25, 0.3) is 11.4 Å². The second-order valence-corrected chi connectivity index (χ2v) is 21.7. The molecule has 4 nitrogen and oxygen atoms in total. The fraction of sp³-hybridized carbons (Fsp3) is 0.286. The summed E-state index contributed by atoms with van der Waals surface area (Å²) in [4.78, 5) is 21.1. The number of hydrogen-bond donors (Lipinski definition) is 0. The van der Waals surface area contributed by atoms with E-state index in [9.17, 15) is 0 Å². The zero-order valence-corrected chi connectivity index (χ0v) is 18.7. The second-order valence-electron chi connectivity index (χ2n) is 7.44. The summed E-state index contributed by atoms with van der Waals surface area (Å²) in [6.07, 6.45) is 0. The Morgan fingerprint density at radius 2 is 1.31 bits per heavy atom. The second kappa shape index (κ2) is 8.27. The van der Waals surface area contributed by atoms with Crippen LogP contribution in [0.3, 0.4) is 0 Å². The molecule has 3 rings (SSSR count). The average Bonchev–Trinajstić information content (AvgIpc) is 2.62. The minimum absolute atomic E-state index is 0.463. The number of aromatic nitrogens is 3. The summed E-state index contributed by atoms with van der Waals surface area (Å²) in [6, 6.07) is 18.2. The average molecular weight is 454 g/mol. The Hall–Kier alpha value is -1.79. The van der Waals surface area contributed by atoms with Crippen LogP contribution in [0.5, 0.6) is 0 Å². The molecular formula is C21H25N3OSn. The summed E-state index contributed by atoms with van der Waals surface area (Å²) >= 11 is -2.14. The van der Waals surface area contributed by atoms with Crippen molar-refractivity contribution < 1.29 is 4.74 Å². The fourth-order valence-corrected chi connectivity index (χ4v) is 5.70. The Bertz CT molecular complexity index is 890. The molecule has 26 heavy (non-hydrogen) atoms. The van der Waals surface area contributed by atoms with Gasteiger partial charge in [0.25, 0.3) is 0 Å². The van der Waals surface area contributed by atoms with Gasteiger partial charge in [-0.2, -0.15) is 0 Å². The fourth-order valence-electron chi connectivity index (χ4n) is 2.63. The third-order valence-electron chi connectivity index (χ3n) is 4.03. The summed E-state index contributed by atoms with van der Waals surface area (Å²) in [5, 5.41) is 0. The van der Waals surface area contributed by atoms with E-state index in [0.29, 0.717) is 13.2 Å². The zero-order chi connectivity index (χ0) is 18.6. The van der Waals surface area contributed by atoms with Crippen LogP contribution in [0, 0.1) is 6.92 Å². The third-order valence-corrected chi connectivity index (χ3v) is 9.21. The standard InChI is InChI=1S/C18H16N3O.3CH3.Sn/c1-14-6-4-9-17(20-14)18-10-5-8-16(21-18)13-22-12-15-7-2-3-11-19-15;;;;/h2-10H,12-13H2,1H3;3*1H3;. The zero-order valence-electron chi connectivity index (χ0n) is 15.9. The van der Waals surface area contributed by atoms with Gasteiger partial charge in [0.05, 0.1) is 0 Å². The predicted molar refractivity (Wildman–Crippen MR) is 108 cm³/mol. The van der Waals surface area contributed by atoms with Crippen LogP contribution in [-0.2, 0) is 18.0 Å². The van der Waals surface area contributed by atoms with E-state index in [2.05, 4.69) is 36.9 Å². The molecule has 3 aromatic rings. The summed E-state index contributed by atoms with van der Waals surface area (Å²) < 4.78 is 7.15. The van der Waals surface area contributed by atoms with Gasteiger partial charge in [-0.3, -0.25) is 0 Å². The van der Waals surface area contributed by atoms with E-state index in [-0.39, 0.29) is 0 Å². The summed E-state index contributed by atoms with van der Waals surface area (Å²) in [5.74, 6) is 0. The number of ether oxygens (including phenoxy) is 1. The van der Waals surface area contributed by atoms with Crippen molar-refractivity contribution in [3.05, 3.63) is 71.7 Å². The van der Waals surface area contributed by atoms with Gasteiger partial charge in [0.1, 0.15) is 0 Å². The molecule has 0 N–H and O–H groups in total. The molecule has 0 amide bonds. The molecule has 0 saturated heterocycles. The van der Waals surface area contributed by atoms with E-state index < -0.39 is 18.4 Å². The topological polar surface area (TPSA) is 47.9 Å². The van der Waals surface area contributed by atoms with Crippen molar-refractivity contribution in [2.45, 2.75) is 35.0 Å². The van der Waals surface area contributed by atoms with Crippen molar-refractivity contribution >= 4 is 22.1 Å². The molecule has 0 saturated carbocycles. The van der Waals surface area contributed by atoms with Crippen LogP contribution in [-0.4, -0.2) is 33.3 Å². The molecule has 3 heterocycles. The van der Waals surface area contributed by atoms with Gasteiger partial charge in [-0.25, -0.2) is 0 Å². The molecule has 0 aliphatic rings. The normalized spacial score (nSPS) is 11.5. The summed E-state index contributed by atoms with van der Waals surface area (Å²) in [7, 11) is 0. The monoisotopic (exact) mass is 455 g/mol. The Labute approximate surface area is 159 Å². The van der Waals surface area contributed by atoms with E-state index in [4.69, 9.17) is 9.72 Å². The van der Waals surface area contributed by atoms with E-state index >= 15 is 0 Å². The molecular weight excluding hydrogens is 429 g/mol. The Kier molecular flexibility index (Phi) is 6.04. The van der Waals surface area contributed by atoms with E-state index in [1.165, 1.54) is 3.71 Å². The van der Waals surface area contributed by atoms with Crippen molar-refractivity contribution in [3.63, 3.8) is 0 Å². The van der Waals surface area contributed by atoms with Crippen molar-refractivity contribution in [1.29, 1.82) is 0 Å². The van der Waals surface area contributed by atoms with E-state index in [1.54, 1.807) is 0 Å². The van der Waals surface area contributed by atoms with Crippen LogP contribution >= 0.6 is 0 Å². The Balaban J connectivity index is 1.65. The van der Waals surface area contributed by atoms with E-state index in [0.717, 1.165) is 28.5 Å². The van der Waals surface area contributed by atoms with Gasteiger partial charge >= 0.3 is 147 Å². The molecule has 0 unspecified atom stereocenters. The third kappa shape index (κ3) is 5.11. The molecule has 0 aliphatic carbocycles. The predicted octanol–water partition coefficient (Wildman–Crippen LogP) is 4.11. The van der Waals surface area contributed by atoms with Crippen LogP contribution in [0.2, 0.25) is 14.8 Å². The first-order valence-corrected chi connectivity index (χ1v) is 18.8. The molecule has 0 aromatic carbocycles. The van der Waals surface area contributed by atoms with Crippen LogP contribution in [0.1, 0.15) is 17.1 Å². The first-order chi connectivity index (χ1) is 12.4. The number of nitrogens with zero attached hydrogens (tertiary/aromatic N) is 3. The van der Waals surface area contributed by atoms with Gasteiger partial charge < -0.3 is 0 Å². The molecule has 0 bridgehead atoms. The molecule has 5 heteroatoms. The van der Waals surface area contributed by atoms with Crippen LogP contribution in [0.15, 0.2) is 54.6 Å². The van der Waals surface area contributed by atoms with Crippen LogP contribution in [0.4, 0.5) is 0 Å². The first-order valence-electron chi connectivity index (χ1n) is 8.86. The van der Waals surface area contributed by atoms with Crippen molar-refractivity contribution in [2.24, 2.45) is 0 Å². The van der Waals surface area contributed by atoms with Gasteiger partial charge in [-0.15, -0.1) is 0 Å². The first kappa shape index (κ1) is 19.0. The number of rotatable bonds is 6. The van der Waals surface area contributed by atoms with Crippen molar-refractivity contribution in [1.82, 2.24) is 15.0 Å². The number of aryl methyl sites for hydroxylation is 1. The molecule has 0 aliphatic heterocycles. The minimum atomic E-state index is -2.14. The summed E-state index contributed by atoms with van der Waals surface area (Å²) in [5.41, 5.74) is 4.64. The Morgan fingerprint density at radius 3 is 1.96 bits per heavy atom. The van der Waals surface area contributed by atoms with Crippen molar-refractivity contribution in [2.75, 3.05) is 0 Å². The number of pyridine rings is 3. The van der Waals surface area contributed by atoms with Gasteiger partial charge in [0.2, 0.25) is 0 Å². The van der Waals surface area contributed by atoms with Crippen LogP contribution < -0.4 is 3.71 Å². The van der Waals surface area contributed by atoms with Gasteiger partial charge in [-0.1, -0.05) is 0 Å². The molecule has 0 fully saturated rings. The summed E-state index contributed by atoms with van der Waals surface area (Å²) in [6.45, 7) is 2.95. The maximum atomic E-state index is 5.87. The van der Waals surface area contributed by atoms with Gasteiger partial charge in [0, 0.05) is 0 Å². The van der Waals surface area contributed by atoms with E-state index in [1.807, 2.05) is 49.4 Å². The maximum absolute atomic E-state index is 5.87. The quantitative estimate of drug-likeness (QED) is 0.527. The van der Waals surface area contributed by atoms with Crippen molar-refractivity contribution in [3.8, 4) is 11.4 Å². The molecule has 0 radical (unpaired) electrons. The molecule has 0 spiro atoms. The number of hydrogen-bond acceptors (Lipinski definition) is 4.